The molecule has 3 rings (SSSR count). The zero-order chi connectivity index (χ0) is 17.1. The maximum atomic E-state index is 12.7. The molecule has 1 amide bonds. The van der Waals surface area contributed by atoms with Crippen molar-refractivity contribution in [3.05, 3.63) is 74.8 Å². The lowest BCUT2D eigenvalue weighted by Crippen LogP contribution is -2.42. The third kappa shape index (κ3) is 3.39. The summed E-state index contributed by atoms with van der Waals surface area (Å²) >= 11 is 6.06. The molecule has 24 heavy (non-hydrogen) atoms. The van der Waals surface area contributed by atoms with Crippen molar-refractivity contribution < 1.29 is 14.5 Å². The minimum absolute atomic E-state index is 0.0805. The van der Waals surface area contributed by atoms with Gasteiger partial charge in [-0.05, 0) is 11.6 Å². The van der Waals surface area contributed by atoms with Crippen LogP contribution in [0.25, 0.3) is 0 Å². The van der Waals surface area contributed by atoms with Crippen molar-refractivity contribution in [2.24, 2.45) is 0 Å². The van der Waals surface area contributed by atoms with E-state index in [1.807, 2.05) is 30.3 Å². The molecule has 1 saturated heterocycles. The number of hydrogen-bond donors (Lipinski definition) is 0. The lowest BCUT2D eigenvalue weighted by atomic mass is 10.1. The summed E-state index contributed by atoms with van der Waals surface area (Å²) in [5.74, 6) is -0.251. The fourth-order valence-corrected chi connectivity index (χ4v) is 2.92. The Kier molecular flexibility index (Phi) is 4.78. The molecule has 124 valence electrons. The van der Waals surface area contributed by atoms with Crippen LogP contribution < -0.4 is 0 Å². The zero-order valence-electron chi connectivity index (χ0n) is 12.7. The van der Waals surface area contributed by atoms with Crippen LogP contribution in [-0.2, 0) is 4.74 Å². The Bertz CT molecular complexity index is 766. The fraction of sp³-hybridized carbons (Fsp3) is 0.235. The molecule has 1 aliphatic rings. The van der Waals surface area contributed by atoms with Gasteiger partial charge in [0.1, 0.15) is 6.10 Å². The van der Waals surface area contributed by atoms with Gasteiger partial charge in [0.25, 0.3) is 11.6 Å². The molecule has 6 nitrogen and oxygen atoms in total. The highest BCUT2D eigenvalue weighted by atomic mass is 35.5. The number of nitro benzene ring substituents is 1. The number of carbonyl (C=O) groups is 1. The van der Waals surface area contributed by atoms with Gasteiger partial charge in [-0.1, -0.05) is 41.9 Å². The topological polar surface area (TPSA) is 72.7 Å². The van der Waals surface area contributed by atoms with Crippen LogP contribution in [-0.4, -0.2) is 35.4 Å². The number of ether oxygens (including phenoxy) is 1. The van der Waals surface area contributed by atoms with Crippen LogP contribution in [0.4, 0.5) is 5.69 Å². The Morgan fingerprint density at radius 2 is 2.00 bits per heavy atom. The van der Waals surface area contributed by atoms with Gasteiger partial charge in [0.05, 0.1) is 28.7 Å². The normalized spacial score (nSPS) is 17.5. The van der Waals surface area contributed by atoms with Crippen molar-refractivity contribution in [3.63, 3.8) is 0 Å². The van der Waals surface area contributed by atoms with E-state index in [2.05, 4.69) is 0 Å². The molecule has 2 aromatic rings. The van der Waals surface area contributed by atoms with Gasteiger partial charge in [-0.15, -0.1) is 0 Å². The first-order chi connectivity index (χ1) is 11.6. The summed E-state index contributed by atoms with van der Waals surface area (Å²) in [5.41, 5.74) is 1.13. The standard InChI is InChI=1S/C17H15ClN2O4/c18-15-10-13(20(22)23)6-7-14(15)17(21)19-8-9-24-16(11-19)12-4-2-1-3-5-12/h1-7,10,16H,8-9,11H2/t16-/m0/s1. The molecule has 0 spiro atoms. The molecule has 0 unspecified atom stereocenters. The van der Waals surface area contributed by atoms with Crippen molar-refractivity contribution >= 4 is 23.2 Å². The smallest absolute Gasteiger partial charge is 0.270 e. The van der Waals surface area contributed by atoms with Crippen molar-refractivity contribution in [2.75, 3.05) is 19.7 Å². The Morgan fingerprint density at radius 3 is 2.67 bits per heavy atom. The minimum atomic E-state index is -0.541. The molecule has 2 aromatic carbocycles. The maximum absolute atomic E-state index is 12.7. The van der Waals surface area contributed by atoms with Gasteiger partial charge in [0.15, 0.2) is 0 Å². The van der Waals surface area contributed by atoms with Crippen molar-refractivity contribution in [3.8, 4) is 0 Å². The van der Waals surface area contributed by atoms with E-state index in [1.165, 1.54) is 18.2 Å². The zero-order valence-corrected chi connectivity index (χ0v) is 13.5. The summed E-state index contributed by atoms with van der Waals surface area (Å²) in [5, 5.41) is 10.9. The predicted octanol–water partition coefficient (Wildman–Crippen LogP) is 3.46. The Balaban J connectivity index is 1.78. The number of halogens is 1. The molecule has 1 atom stereocenters. The molecule has 0 aliphatic carbocycles. The molecule has 1 fully saturated rings. The van der Waals surface area contributed by atoms with E-state index in [-0.39, 0.29) is 28.3 Å². The SMILES string of the molecule is O=C(c1ccc([N+](=O)[O-])cc1Cl)N1CCO[C@H](c2ccccc2)C1. The molecule has 7 heteroatoms. The van der Waals surface area contributed by atoms with E-state index >= 15 is 0 Å². The van der Waals surface area contributed by atoms with Gasteiger partial charge in [-0.25, -0.2) is 0 Å². The van der Waals surface area contributed by atoms with Crippen molar-refractivity contribution in [2.45, 2.75) is 6.10 Å². The van der Waals surface area contributed by atoms with E-state index < -0.39 is 4.92 Å². The average molecular weight is 347 g/mol. The number of nitrogens with zero attached hydrogens (tertiary/aromatic N) is 2. The monoisotopic (exact) mass is 346 g/mol. The summed E-state index contributed by atoms with van der Waals surface area (Å²) in [7, 11) is 0. The molecule has 0 aromatic heterocycles. The van der Waals surface area contributed by atoms with Gasteiger partial charge in [-0.2, -0.15) is 0 Å². The van der Waals surface area contributed by atoms with E-state index in [9.17, 15) is 14.9 Å². The summed E-state index contributed by atoms with van der Waals surface area (Å²) in [6.45, 7) is 1.29. The van der Waals surface area contributed by atoms with Crippen LogP contribution in [0.1, 0.15) is 22.0 Å². The summed E-state index contributed by atoms with van der Waals surface area (Å²) in [6.07, 6.45) is -0.194. The quantitative estimate of drug-likeness (QED) is 0.630. The first-order valence-corrected chi connectivity index (χ1v) is 7.84. The Morgan fingerprint density at radius 1 is 1.25 bits per heavy atom. The number of amides is 1. The second kappa shape index (κ2) is 6.98. The van der Waals surface area contributed by atoms with Crippen molar-refractivity contribution in [1.82, 2.24) is 4.90 Å². The number of benzene rings is 2. The van der Waals surface area contributed by atoms with E-state index in [4.69, 9.17) is 16.3 Å². The summed E-state index contributed by atoms with van der Waals surface area (Å²) in [6, 6.07) is 13.6. The van der Waals surface area contributed by atoms with Crippen LogP contribution in [0.3, 0.4) is 0 Å². The molecular formula is C17H15ClN2O4. The summed E-state index contributed by atoms with van der Waals surface area (Å²) < 4.78 is 5.74. The highest BCUT2D eigenvalue weighted by Gasteiger charge is 2.27. The van der Waals surface area contributed by atoms with Crippen LogP contribution in [0, 0.1) is 10.1 Å². The van der Waals surface area contributed by atoms with Gasteiger partial charge in [0.2, 0.25) is 0 Å². The first-order valence-electron chi connectivity index (χ1n) is 7.46. The second-order valence-corrected chi connectivity index (χ2v) is 5.85. The molecular weight excluding hydrogens is 332 g/mol. The molecule has 0 radical (unpaired) electrons. The highest BCUT2D eigenvalue weighted by Crippen LogP contribution is 2.27. The number of nitro groups is 1. The Labute approximate surface area is 143 Å². The number of non-ortho nitro benzene ring substituents is 1. The molecule has 1 aliphatic heterocycles. The lowest BCUT2D eigenvalue weighted by molar-refractivity contribution is -0.384. The number of morpholine rings is 1. The van der Waals surface area contributed by atoms with Gasteiger partial charge in [0, 0.05) is 18.7 Å². The molecule has 1 heterocycles. The fourth-order valence-electron chi connectivity index (χ4n) is 2.66. The van der Waals surface area contributed by atoms with E-state index in [1.54, 1.807) is 4.90 Å². The number of hydrogen-bond acceptors (Lipinski definition) is 4. The average Bonchev–Trinajstić information content (AvgIpc) is 2.62. The minimum Gasteiger partial charge on any atom is -0.370 e. The van der Waals surface area contributed by atoms with Gasteiger partial charge >= 0.3 is 0 Å². The van der Waals surface area contributed by atoms with E-state index in [0.29, 0.717) is 19.7 Å². The van der Waals surface area contributed by atoms with Crippen LogP contribution in [0.5, 0.6) is 0 Å². The molecule has 0 saturated carbocycles. The van der Waals surface area contributed by atoms with Crippen LogP contribution in [0.15, 0.2) is 48.5 Å². The molecule has 0 bridgehead atoms. The highest BCUT2D eigenvalue weighted by molar-refractivity contribution is 6.34. The second-order valence-electron chi connectivity index (χ2n) is 5.44. The van der Waals surface area contributed by atoms with Gasteiger partial charge < -0.3 is 9.64 Å². The summed E-state index contributed by atoms with van der Waals surface area (Å²) in [4.78, 5) is 24.6. The number of rotatable bonds is 3. The largest absolute Gasteiger partial charge is 0.370 e. The molecule has 0 N–H and O–H groups in total. The van der Waals surface area contributed by atoms with Gasteiger partial charge in [-0.3, -0.25) is 14.9 Å². The third-order valence-electron chi connectivity index (χ3n) is 3.92. The Hall–Kier alpha value is -2.44. The maximum Gasteiger partial charge on any atom is 0.270 e. The third-order valence-corrected chi connectivity index (χ3v) is 4.23. The van der Waals surface area contributed by atoms with Crippen LogP contribution >= 0.6 is 11.6 Å². The van der Waals surface area contributed by atoms with Crippen molar-refractivity contribution in [1.29, 1.82) is 0 Å². The predicted molar refractivity (Wildman–Crippen MR) is 89.1 cm³/mol. The number of carbonyl (C=O) groups excluding carboxylic acids is 1. The first kappa shape index (κ1) is 16.4. The lowest BCUT2D eigenvalue weighted by Gasteiger charge is -2.33. The van der Waals surface area contributed by atoms with Crippen LogP contribution in [0.2, 0.25) is 5.02 Å². The van der Waals surface area contributed by atoms with E-state index in [0.717, 1.165) is 5.56 Å².